The first-order valence-corrected chi connectivity index (χ1v) is 6.15. The van der Waals surface area contributed by atoms with E-state index in [1.807, 2.05) is 13.8 Å². The molecule has 1 rings (SSSR count). The molecule has 1 amide bonds. The highest BCUT2D eigenvalue weighted by atomic mass is 16.4. The first kappa shape index (κ1) is 14.4. The van der Waals surface area contributed by atoms with Gasteiger partial charge in [-0.25, -0.2) is 0 Å². The molecule has 1 aromatic heterocycles. The third-order valence-electron chi connectivity index (χ3n) is 2.48. The summed E-state index contributed by atoms with van der Waals surface area (Å²) in [6, 6.07) is 0.200. The minimum Gasteiger partial charge on any atom is -0.406 e. The summed E-state index contributed by atoms with van der Waals surface area (Å²) >= 11 is 0. The second-order valence-electron chi connectivity index (χ2n) is 4.29. The van der Waals surface area contributed by atoms with Crippen molar-refractivity contribution in [1.29, 1.82) is 0 Å². The monoisotopic (exact) mass is 255 g/mol. The number of amides is 1. The topological polar surface area (TPSA) is 106 Å². The zero-order chi connectivity index (χ0) is 13.5. The Labute approximate surface area is 107 Å². The van der Waals surface area contributed by atoms with Crippen LogP contribution in [0, 0.1) is 0 Å². The molecule has 0 aliphatic rings. The van der Waals surface area contributed by atoms with Crippen LogP contribution >= 0.6 is 0 Å². The maximum atomic E-state index is 11.5. The molecule has 4 N–H and O–H groups in total. The van der Waals surface area contributed by atoms with Crippen LogP contribution in [-0.4, -0.2) is 28.7 Å². The molecular formula is C11H21N5O2. The maximum absolute atomic E-state index is 11.5. The molecule has 7 heteroatoms. The van der Waals surface area contributed by atoms with Crippen LogP contribution in [0.25, 0.3) is 0 Å². The van der Waals surface area contributed by atoms with E-state index in [0.717, 1.165) is 6.42 Å². The molecule has 102 valence electrons. The average Bonchev–Trinajstić information content (AvgIpc) is 2.77. The van der Waals surface area contributed by atoms with E-state index >= 15 is 0 Å². The van der Waals surface area contributed by atoms with Gasteiger partial charge in [-0.2, -0.15) is 0 Å². The summed E-state index contributed by atoms with van der Waals surface area (Å²) in [5.74, 6) is 0.380. The van der Waals surface area contributed by atoms with Crippen molar-refractivity contribution in [2.75, 3.05) is 11.9 Å². The predicted octanol–water partition coefficient (Wildman–Crippen LogP) is 0.806. The number of nitrogens with zero attached hydrogens (tertiary/aromatic N) is 2. The number of rotatable bonds is 7. The lowest BCUT2D eigenvalue weighted by Gasteiger charge is -2.10. The largest absolute Gasteiger partial charge is 0.406 e. The van der Waals surface area contributed by atoms with Crippen LogP contribution in [0.5, 0.6) is 0 Å². The molecule has 0 aromatic carbocycles. The van der Waals surface area contributed by atoms with Crippen LogP contribution in [0.15, 0.2) is 4.42 Å². The van der Waals surface area contributed by atoms with Gasteiger partial charge in [0.25, 0.3) is 0 Å². The molecule has 0 saturated carbocycles. The first-order valence-electron chi connectivity index (χ1n) is 6.15. The second kappa shape index (κ2) is 6.95. The van der Waals surface area contributed by atoms with Crippen molar-refractivity contribution in [3.63, 3.8) is 0 Å². The van der Waals surface area contributed by atoms with Crippen molar-refractivity contribution in [1.82, 2.24) is 15.5 Å². The van der Waals surface area contributed by atoms with Crippen LogP contribution in [0.3, 0.4) is 0 Å². The molecule has 0 fully saturated rings. The van der Waals surface area contributed by atoms with Gasteiger partial charge in [0.15, 0.2) is 0 Å². The van der Waals surface area contributed by atoms with Crippen LogP contribution in [0.4, 0.5) is 6.01 Å². The number of hydrogen-bond acceptors (Lipinski definition) is 6. The third-order valence-corrected chi connectivity index (χ3v) is 2.48. The van der Waals surface area contributed by atoms with Gasteiger partial charge in [-0.3, -0.25) is 4.79 Å². The zero-order valence-corrected chi connectivity index (χ0v) is 11.1. The van der Waals surface area contributed by atoms with E-state index in [1.165, 1.54) is 0 Å². The van der Waals surface area contributed by atoms with Gasteiger partial charge in [0, 0.05) is 19.0 Å². The number of nitrogens with one attached hydrogen (secondary N) is 2. The van der Waals surface area contributed by atoms with E-state index in [4.69, 9.17) is 10.2 Å². The van der Waals surface area contributed by atoms with Crippen molar-refractivity contribution >= 4 is 11.9 Å². The molecule has 2 atom stereocenters. The summed E-state index contributed by atoms with van der Waals surface area (Å²) in [7, 11) is 0. The summed E-state index contributed by atoms with van der Waals surface area (Å²) in [5, 5.41) is 13.3. The van der Waals surface area contributed by atoms with Gasteiger partial charge in [-0.1, -0.05) is 12.0 Å². The molecule has 0 aliphatic heterocycles. The van der Waals surface area contributed by atoms with Gasteiger partial charge in [-0.15, -0.1) is 5.10 Å². The van der Waals surface area contributed by atoms with Crippen LogP contribution < -0.4 is 16.4 Å². The summed E-state index contributed by atoms with van der Waals surface area (Å²) in [4.78, 5) is 11.5. The SMILES string of the molecule is CCC(C)NC(=O)CCNc1nnc(C(C)N)o1. The molecule has 7 nitrogen and oxygen atoms in total. The Bertz CT molecular complexity index is 377. The number of hydrogen-bond donors (Lipinski definition) is 3. The molecule has 0 aliphatic carbocycles. The molecule has 1 aromatic rings. The van der Waals surface area contributed by atoms with Gasteiger partial charge in [-0.05, 0) is 20.3 Å². The summed E-state index contributed by atoms with van der Waals surface area (Å²) in [6.07, 6.45) is 1.28. The normalized spacial score (nSPS) is 14.0. The van der Waals surface area contributed by atoms with E-state index in [-0.39, 0.29) is 18.0 Å². The average molecular weight is 255 g/mol. The maximum Gasteiger partial charge on any atom is 0.315 e. The smallest absolute Gasteiger partial charge is 0.315 e. The highest BCUT2D eigenvalue weighted by molar-refractivity contribution is 5.76. The quantitative estimate of drug-likeness (QED) is 0.665. The molecule has 18 heavy (non-hydrogen) atoms. The molecule has 0 saturated heterocycles. The van der Waals surface area contributed by atoms with E-state index in [2.05, 4.69) is 20.8 Å². The Morgan fingerprint density at radius 1 is 1.44 bits per heavy atom. The van der Waals surface area contributed by atoms with Crippen LogP contribution in [0.2, 0.25) is 0 Å². The second-order valence-corrected chi connectivity index (χ2v) is 4.29. The Morgan fingerprint density at radius 3 is 2.72 bits per heavy atom. The minimum atomic E-state index is -0.290. The summed E-state index contributed by atoms with van der Waals surface area (Å²) in [6.45, 7) is 6.20. The van der Waals surface area contributed by atoms with Crippen LogP contribution in [0.1, 0.15) is 45.5 Å². The minimum absolute atomic E-state index is 0.00350. The van der Waals surface area contributed by atoms with Gasteiger partial charge in [0.1, 0.15) is 0 Å². The molecule has 0 bridgehead atoms. The van der Waals surface area contributed by atoms with E-state index in [1.54, 1.807) is 6.92 Å². The fourth-order valence-electron chi connectivity index (χ4n) is 1.22. The van der Waals surface area contributed by atoms with Gasteiger partial charge >= 0.3 is 6.01 Å². The van der Waals surface area contributed by atoms with Crippen molar-refractivity contribution in [3.05, 3.63) is 5.89 Å². The lowest BCUT2D eigenvalue weighted by molar-refractivity contribution is -0.121. The van der Waals surface area contributed by atoms with Crippen LogP contribution in [-0.2, 0) is 4.79 Å². The van der Waals surface area contributed by atoms with Crippen molar-refractivity contribution in [3.8, 4) is 0 Å². The van der Waals surface area contributed by atoms with Crippen molar-refractivity contribution in [2.45, 2.75) is 45.7 Å². The summed E-state index contributed by atoms with van der Waals surface area (Å²) < 4.78 is 5.24. The number of carbonyl (C=O) groups is 1. The fraction of sp³-hybridized carbons (Fsp3) is 0.727. The number of anilines is 1. The summed E-state index contributed by atoms with van der Waals surface area (Å²) in [5.41, 5.74) is 5.59. The molecule has 0 spiro atoms. The van der Waals surface area contributed by atoms with E-state index in [9.17, 15) is 4.79 Å². The number of nitrogens with two attached hydrogens (primary N) is 1. The Balaban J connectivity index is 2.26. The molecule has 2 unspecified atom stereocenters. The number of aromatic nitrogens is 2. The lowest BCUT2D eigenvalue weighted by atomic mass is 10.2. The Hall–Kier alpha value is -1.63. The van der Waals surface area contributed by atoms with E-state index < -0.39 is 0 Å². The third kappa shape index (κ3) is 4.70. The molecular weight excluding hydrogens is 234 g/mol. The standard InChI is InChI=1S/C11H21N5O2/c1-4-7(2)14-9(17)5-6-13-11-16-15-10(18-11)8(3)12/h7-8H,4-6,12H2,1-3H3,(H,13,16)(H,14,17). The molecule has 0 radical (unpaired) electrons. The molecule has 1 heterocycles. The Kier molecular flexibility index (Phi) is 5.57. The highest BCUT2D eigenvalue weighted by Crippen LogP contribution is 2.10. The highest BCUT2D eigenvalue weighted by Gasteiger charge is 2.10. The number of carbonyl (C=O) groups excluding carboxylic acids is 1. The fourth-order valence-corrected chi connectivity index (χ4v) is 1.22. The zero-order valence-electron chi connectivity index (χ0n) is 11.1. The predicted molar refractivity (Wildman–Crippen MR) is 67.9 cm³/mol. The van der Waals surface area contributed by atoms with Gasteiger partial charge in [0.2, 0.25) is 11.8 Å². The van der Waals surface area contributed by atoms with Crippen molar-refractivity contribution in [2.24, 2.45) is 5.73 Å². The van der Waals surface area contributed by atoms with E-state index in [0.29, 0.717) is 24.9 Å². The van der Waals surface area contributed by atoms with Gasteiger partial charge < -0.3 is 20.8 Å². The Morgan fingerprint density at radius 2 is 2.17 bits per heavy atom. The first-order chi connectivity index (χ1) is 8.52. The lowest BCUT2D eigenvalue weighted by Crippen LogP contribution is -2.32. The van der Waals surface area contributed by atoms with Crippen molar-refractivity contribution < 1.29 is 9.21 Å². The van der Waals surface area contributed by atoms with Gasteiger partial charge in [0.05, 0.1) is 6.04 Å².